The minimum absolute atomic E-state index is 0.479. The van der Waals surface area contributed by atoms with Crippen LogP contribution in [0.5, 0.6) is 0 Å². The second-order valence-corrected chi connectivity index (χ2v) is 4.75. The molecule has 3 aromatic heterocycles. The highest BCUT2D eigenvalue weighted by Gasteiger charge is 1.83. The summed E-state index contributed by atoms with van der Waals surface area (Å²) in [7, 11) is 0. The molecule has 22 heavy (non-hydrogen) atoms. The van der Waals surface area contributed by atoms with Gasteiger partial charge < -0.3 is 4.98 Å². The van der Waals surface area contributed by atoms with Gasteiger partial charge in [0.25, 0.3) is 0 Å². The van der Waals surface area contributed by atoms with Crippen molar-refractivity contribution in [2.24, 2.45) is 0 Å². The lowest BCUT2D eigenvalue weighted by atomic mass is 10.4. The van der Waals surface area contributed by atoms with Gasteiger partial charge in [0.05, 0.1) is 4.88 Å². The largest absolute Gasteiger partial charge is 0.367 e. The van der Waals surface area contributed by atoms with Crippen LogP contribution >= 0.6 is 11.3 Å². The minimum atomic E-state index is 0.479. The molecule has 1 N–H and O–H groups in total. The standard InChI is InChI=1S/C6H5NO.C5H5NO.C5H4OS/c8-5-6-3-1-2-4-7-6;7-4-5-1-2-6-3-5;6-4-5-2-1-3-7-5/h1-5H;1-4,6H;1-4H. The molecule has 0 aliphatic rings. The summed E-state index contributed by atoms with van der Waals surface area (Å²) in [6, 6.07) is 10.6. The quantitative estimate of drug-likeness (QED) is 0.752. The van der Waals surface area contributed by atoms with Crippen molar-refractivity contribution in [1.82, 2.24) is 9.97 Å². The molecule has 0 atom stereocenters. The van der Waals surface area contributed by atoms with Crippen molar-refractivity contribution in [1.29, 1.82) is 0 Å². The second kappa shape index (κ2) is 10.9. The van der Waals surface area contributed by atoms with Gasteiger partial charge in [-0.25, -0.2) is 0 Å². The zero-order chi connectivity index (χ0) is 16.0. The van der Waals surface area contributed by atoms with Crippen molar-refractivity contribution in [2.75, 3.05) is 0 Å². The zero-order valence-corrected chi connectivity index (χ0v) is 12.4. The third-order valence-electron chi connectivity index (χ3n) is 2.23. The predicted molar refractivity (Wildman–Crippen MR) is 85.5 cm³/mol. The molecule has 112 valence electrons. The zero-order valence-electron chi connectivity index (χ0n) is 11.6. The number of nitrogens with zero attached hydrogens (tertiary/aromatic N) is 1. The summed E-state index contributed by atoms with van der Waals surface area (Å²) in [5.74, 6) is 0. The number of pyridine rings is 1. The number of nitrogens with one attached hydrogen (secondary N) is 1. The SMILES string of the molecule is O=Cc1cc[nH]c1.O=Cc1ccccn1.O=Cc1cccs1. The molecule has 0 saturated heterocycles. The molecule has 0 aromatic carbocycles. The molecule has 0 aliphatic heterocycles. The van der Waals surface area contributed by atoms with Crippen molar-refractivity contribution in [2.45, 2.75) is 0 Å². The Labute approximate surface area is 131 Å². The third-order valence-corrected chi connectivity index (χ3v) is 3.02. The highest BCUT2D eigenvalue weighted by molar-refractivity contribution is 7.11. The Morgan fingerprint density at radius 1 is 0.955 bits per heavy atom. The Kier molecular flexibility index (Phi) is 8.50. The number of H-pyrrole nitrogens is 1. The number of carbonyl (C=O) groups excluding carboxylic acids is 3. The highest BCUT2D eigenvalue weighted by Crippen LogP contribution is 2.03. The number of aromatic amines is 1. The van der Waals surface area contributed by atoms with E-state index in [1.54, 1.807) is 48.9 Å². The fraction of sp³-hybridized carbons (Fsp3) is 0. The highest BCUT2D eigenvalue weighted by atomic mass is 32.1. The van der Waals surface area contributed by atoms with Gasteiger partial charge in [-0.15, -0.1) is 11.3 Å². The van der Waals surface area contributed by atoms with Crippen LogP contribution in [0.25, 0.3) is 0 Å². The maximum absolute atomic E-state index is 9.94. The van der Waals surface area contributed by atoms with Crippen molar-refractivity contribution in [3.63, 3.8) is 0 Å². The Morgan fingerprint density at radius 3 is 2.14 bits per heavy atom. The van der Waals surface area contributed by atoms with E-state index in [-0.39, 0.29) is 0 Å². The summed E-state index contributed by atoms with van der Waals surface area (Å²) < 4.78 is 0. The van der Waals surface area contributed by atoms with Crippen molar-refractivity contribution in [3.05, 3.63) is 76.5 Å². The lowest BCUT2D eigenvalue weighted by Gasteiger charge is -1.81. The first-order valence-electron chi connectivity index (χ1n) is 6.23. The molecule has 0 amide bonds. The summed E-state index contributed by atoms with van der Waals surface area (Å²) >= 11 is 1.45. The van der Waals surface area contributed by atoms with E-state index in [1.165, 1.54) is 11.3 Å². The van der Waals surface area contributed by atoms with Crippen molar-refractivity contribution < 1.29 is 14.4 Å². The molecule has 0 fully saturated rings. The van der Waals surface area contributed by atoms with E-state index in [1.807, 2.05) is 11.4 Å². The fourth-order valence-electron chi connectivity index (χ4n) is 1.21. The van der Waals surface area contributed by atoms with E-state index in [0.29, 0.717) is 11.3 Å². The fourth-order valence-corrected chi connectivity index (χ4v) is 1.74. The number of rotatable bonds is 3. The maximum Gasteiger partial charge on any atom is 0.168 e. The number of aromatic nitrogens is 2. The van der Waals surface area contributed by atoms with Crippen LogP contribution in [0.15, 0.2) is 60.4 Å². The Morgan fingerprint density at radius 2 is 1.82 bits per heavy atom. The van der Waals surface area contributed by atoms with Gasteiger partial charge in [0.1, 0.15) is 5.69 Å². The van der Waals surface area contributed by atoms with Crippen LogP contribution in [0.4, 0.5) is 0 Å². The minimum Gasteiger partial charge on any atom is -0.367 e. The first-order chi connectivity index (χ1) is 10.8. The molecule has 0 radical (unpaired) electrons. The number of carbonyl (C=O) groups is 3. The van der Waals surface area contributed by atoms with Crippen LogP contribution in [-0.2, 0) is 0 Å². The molecule has 3 aromatic rings. The molecule has 0 saturated carbocycles. The monoisotopic (exact) mass is 314 g/mol. The van der Waals surface area contributed by atoms with E-state index in [4.69, 9.17) is 0 Å². The molecule has 0 spiro atoms. The Bertz CT molecular complexity index is 612. The first kappa shape index (κ1) is 17.2. The molecule has 6 heteroatoms. The van der Waals surface area contributed by atoms with Crippen LogP contribution in [0.2, 0.25) is 0 Å². The Hall–Kier alpha value is -2.86. The van der Waals surface area contributed by atoms with Gasteiger partial charge >= 0.3 is 0 Å². The average molecular weight is 314 g/mol. The van der Waals surface area contributed by atoms with Gasteiger partial charge in [-0.05, 0) is 29.6 Å². The lowest BCUT2D eigenvalue weighted by Crippen LogP contribution is -1.80. The second-order valence-electron chi connectivity index (χ2n) is 3.77. The van der Waals surface area contributed by atoms with Gasteiger partial charge in [-0.2, -0.15) is 0 Å². The summed E-state index contributed by atoms with van der Waals surface area (Å²) in [6.07, 6.45) is 7.32. The van der Waals surface area contributed by atoms with E-state index in [2.05, 4.69) is 9.97 Å². The van der Waals surface area contributed by atoms with Crippen molar-refractivity contribution >= 4 is 30.2 Å². The van der Waals surface area contributed by atoms with Crippen LogP contribution in [0.3, 0.4) is 0 Å². The molecule has 0 unspecified atom stereocenters. The van der Waals surface area contributed by atoms with E-state index < -0.39 is 0 Å². The Balaban J connectivity index is 0.000000166. The van der Waals surface area contributed by atoms with Gasteiger partial charge in [0, 0.05) is 24.2 Å². The van der Waals surface area contributed by atoms with Gasteiger partial charge in [-0.3, -0.25) is 19.4 Å². The van der Waals surface area contributed by atoms with E-state index in [0.717, 1.165) is 23.7 Å². The number of thiophene rings is 1. The molecule has 3 heterocycles. The summed E-state index contributed by atoms with van der Waals surface area (Å²) in [6.45, 7) is 0. The van der Waals surface area contributed by atoms with Gasteiger partial charge in [0.15, 0.2) is 18.9 Å². The molecular formula is C16H14N2O3S. The molecule has 5 nitrogen and oxygen atoms in total. The molecule has 0 bridgehead atoms. The summed E-state index contributed by atoms with van der Waals surface area (Å²) in [4.78, 5) is 36.9. The topological polar surface area (TPSA) is 79.9 Å². The number of hydrogen-bond acceptors (Lipinski definition) is 5. The average Bonchev–Trinajstić information content (AvgIpc) is 3.29. The maximum atomic E-state index is 9.94. The molecule has 3 rings (SSSR count). The lowest BCUT2D eigenvalue weighted by molar-refractivity contribution is 0.111. The van der Waals surface area contributed by atoms with Gasteiger partial charge in [-0.1, -0.05) is 12.1 Å². The van der Waals surface area contributed by atoms with E-state index >= 15 is 0 Å². The smallest absolute Gasteiger partial charge is 0.168 e. The van der Waals surface area contributed by atoms with Crippen LogP contribution in [-0.4, -0.2) is 28.8 Å². The normalized spacial score (nSPS) is 8.55. The molecule has 0 aliphatic carbocycles. The summed E-state index contributed by atoms with van der Waals surface area (Å²) in [5.41, 5.74) is 1.17. The molecular weight excluding hydrogens is 300 g/mol. The predicted octanol–water partition coefficient (Wildman–Crippen LogP) is 3.28. The van der Waals surface area contributed by atoms with Crippen LogP contribution in [0, 0.1) is 0 Å². The third kappa shape index (κ3) is 7.06. The van der Waals surface area contributed by atoms with Crippen LogP contribution < -0.4 is 0 Å². The van der Waals surface area contributed by atoms with Crippen molar-refractivity contribution in [3.8, 4) is 0 Å². The number of hydrogen-bond donors (Lipinski definition) is 1. The van der Waals surface area contributed by atoms with Crippen LogP contribution in [0.1, 0.15) is 30.5 Å². The van der Waals surface area contributed by atoms with Gasteiger partial charge in [0.2, 0.25) is 0 Å². The summed E-state index contributed by atoms with van der Waals surface area (Å²) in [5, 5.41) is 1.88. The van der Waals surface area contributed by atoms with E-state index in [9.17, 15) is 14.4 Å². The number of aldehydes is 3. The first-order valence-corrected chi connectivity index (χ1v) is 7.11.